The third-order valence-corrected chi connectivity index (χ3v) is 7.42. The number of fused-ring (bicyclic) bond motifs is 1. The summed E-state index contributed by atoms with van der Waals surface area (Å²) in [5.74, 6) is -0.521. The lowest BCUT2D eigenvalue weighted by Crippen LogP contribution is -2.40. The fourth-order valence-electron chi connectivity index (χ4n) is 5.49. The Bertz CT molecular complexity index is 1280. The second kappa shape index (κ2) is 10.1. The first kappa shape index (κ1) is 24.0. The van der Waals surface area contributed by atoms with Gasteiger partial charge >= 0.3 is 11.9 Å². The summed E-state index contributed by atoms with van der Waals surface area (Å²) in [6, 6.07) is 12.9. The number of aromatic nitrogens is 2. The van der Waals surface area contributed by atoms with Crippen molar-refractivity contribution in [3.8, 4) is 11.4 Å². The highest BCUT2D eigenvalue weighted by Gasteiger charge is 2.29. The number of hydrogen-bond donors (Lipinski definition) is 1. The average Bonchev–Trinajstić information content (AvgIpc) is 3.56. The maximum atomic E-state index is 13.1. The van der Waals surface area contributed by atoms with Crippen LogP contribution in [0.15, 0.2) is 42.5 Å². The van der Waals surface area contributed by atoms with Crippen LogP contribution in [0.5, 0.6) is 0 Å². The van der Waals surface area contributed by atoms with Crippen molar-refractivity contribution in [2.75, 3.05) is 19.7 Å². The molecule has 1 N–H and O–H groups in total. The van der Waals surface area contributed by atoms with E-state index in [0.29, 0.717) is 49.7 Å². The normalized spacial score (nSPS) is 17.0. The molecule has 1 aliphatic carbocycles. The van der Waals surface area contributed by atoms with Crippen LogP contribution in [0.1, 0.15) is 72.2 Å². The Morgan fingerprint density at radius 3 is 2.28 bits per heavy atom. The summed E-state index contributed by atoms with van der Waals surface area (Å²) < 4.78 is 7.37. The molecule has 2 aliphatic rings. The second-order valence-electron chi connectivity index (χ2n) is 9.65. The largest absolute Gasteiger partial charge is 0.478 e. The summed E-state index contributed by atoms with van der Waals surface area (Å²) >= 11 is 0. The van der Waals surface area contributed by atoms with Gasteiger partial charge in [0, 0.05) is 30.3 Å². The van der Waals surface area contributed by atoms with Crippen molar-refractivity contribution in [1.82, 2.24) is 14.5 Å². The number of piperidine rings is 1. The summed E-state index contributed by atoms with van der Waals surface area (Å²) in [5.41, 5.74) is 3.32. The lowest BCUT2D eigenvalue weighted by Gasteiger charge is -2.31. The number of carbonyl (C=O) groups excluding carboxylic acids is 2. The van der Waals surface area contributed by atoms with Gasteiger partial charge in [-0.05, 0) is 62.9 Å². The molecule has 2 heterocycles. The zero-order valence-electron chi connectivity index (χ0n) is 20.5. The lowest BCUT2D eigenvalue weighted by atomic mass is 9.96. The molecule has 8 nitrogen and oxygen atoms in total. The highest BCUT2D eigenvalue weighted by Crippen LogP contribution is 2.37. The Labute approximate surface area is 209 Å². The predicted molar refractivity (Wildman–Crippen MR) is 135 cm³/mol. The second-order valence-corrected chi connectivity index (χ2v) is 9.65. The highest BCUT2D eigenvalue weighted by molar-refractivity contribution is 5.95. The molecule has 2 fully saturated rings. The number of carbonyl (C=O) groups is 3. The molecule has 0 atom stereocenters. The van der Waals surface area contributed by atoms with E-state index in [0.717, 1.165) is 42.6 Å². The Hall–Kier alpha value is -3.68. The molecule has 188 valence electrons. The monoisotopic (exact) mass is 489 g/mol. The number of carboxylic acid groups (broad SMARTS) is 1. The van der Waals surface area contributed by atoms with Gasteiger partial charge in [-0.3, -0.25) is 9.59 Å². The van der Waals surface area contributed by atoms with E-state index in [9.17, 15) is 19.5 Å². The van der Waals surface area contributed by atoms with E-state index in [-0.39, 0.29) is 23.4 Å². The fourth-order valence-corrected chi connectivity index (χ4v) is 5.49. The standard InChI is InChI=1S/C28H31N3O5/c1-2-36-28(35)20-13-15-30(16-14-20)26(32)19-9-7-18(8-10-19)25-29-23-17-21(27(33)34)11-12-24(23)31(25)22-5-3-4-6-22/h7-12,17,20,22H,2-6,13-16H2,1H3,(H,33,34). The van der Waals surface area contributed by atoms with E-state index in [4.69, 9.17) is 9.72 Å². The van der Waals surface area contributed by atoms with Crippen molar-refractivity contribution in [2.45, 2.75) is 51.5 Å². The molecule has 1 aromatic heterocycles. The fraction of sp³-hybridized carbons (Fsp3) is 0.429. The molecule has 36 heavy (non-hydrogen) atoms. The van der Waals surface area contributed by atoms with Crippen molar-refractivity contribution < 1.29 is 24.2 Å². The summed E-state index contributed by atoms with van der Waals surface area (Å²) in [6.45, 7) is 3.25. The van der Waals surface area contributed by atoms with Crippen molar-refractivity contribution in [3.63, 3.8) is 0 Å². The van der Waals surface area contributed by atoms with E-state index in [2.05, 4.69) is 4.57 Å². The molecule has 3 aromatic rings. The van der Waals surface area contributed by atoms with Crippen molar-refractivity contribution in [2.24, 2.45) is 5.92 Å². The summed E-state index contributed by atoms with van der Waals surface area (Å²) in [6.07, 6.45) is 5.70. The van der Waals surface area contributed by atoms with Crippen molar-refractivity contribution >= 4 is 28.9 Å². The Balaban J connectivity index is 1.38. The van der Waals surface area contributed by atoms with Gasteiger partial charge in [-0.25, -0.2) is 9.78 Å². The van der Waals surface area contributed by atoms with Gasteiger partial charge in [0.05, 0.1) is 29.1 Å². The van der Waals surface area contributed by atoms with Crippen LogP contribution in [0.4, 0.5) is 0 Å². The molecule has 1 aliphatic heterocycles. The summed E-state index contributed by atoms with van der Waals surface area (Å²) in [7, 11) is 0. The van der Waals surface area contributed by atoms with E-state index in [1.54, 1.807) is 24.0 Å². The molecule has 0 radical (unpaired) electrons. The summed E-state index contributed by atoms with van der Waals surface area (Å²) in [5, 5.41) is 9.41. The Kier molecular flexibility index (Phi) is 6.76. The van der Waals surface area contributed by atoms with Gasteiger partial charge in [0.2, 0.25) is 0 Å². The first-order valence-electron chi connectivity index (χ1n) is 12.8. The number of amides is 1. The highest BCUT2D eigenvalue weighted by atomic mass is 16.5. The third kappa shape index (κ3) is 4.59. The maximum Gasteiger partial charge on any atom is 0.335 e. The zero-order valence-corrected chi connectivity index (χ0v) is 20.5. The molecule has 1 amide bonds. The van der Waals surface area contributed by atoms with Crippen LogP contribution in [0.25, 0.3) is 22.4 Å². The van der Waals surface area contributed by atoms with Crippen LogP contribution in [0, 0.1) is 5.92 Å². The molecule has 0 unspecified atom stereocenters. The van der Waals surface area contributed by atoms with Gasteiger partial charge in [-0.2, -0.15) is 0 Å². The van der Waals surface area contributed by atoms with Gasteiger partial charge in [0.1, 0.15) is 5.82 Å². The van der Waals surface area contributed by atoms with Crippen LogP contribution in [0.3, 0.4) is 0 Å². The number of ether oxygens (including phenoxy) is 1. The first-order valence-corrected chi connectivity index (χ1v) is 12.8. The minimum absolute atomic E-state index is 0.0424. The number of carboxylic acids is 1. The van der Waals surface area contributed by atoms with E-state index in [1.165, 1.54) is 0 Å². The number of esters is 1. The van der Waals surface area contributed by atoms with Crippen LogP contribution in [0.2, 0.25) is 0 Å². The molecule has 1 saturated carbocycles. The molecule has 0 bridgehead atoms. The van der Waals surface area contributed by atoms with Crippen LogP contribution in [-0.4, -0.2) is 57.1 Å². The molecular weight excluding hydrogens is 458 g/mol. The Morgan fingerprint density at radius 2 is 1.64 bits per heavy atom. The first-order chi connectivity index (χ1) is 17.5. The minimum atomic E-state index is -0.969. The van der Waals surface area contributed by atoms with Crippen LogP contribution in [-0.2, 0) is 9.53 Å². The van der Waals surface area contributed by atoms with Gasteiger partial charge in [0.15, 0.2) is 0 Å². The van der Waals surface area contributed by atoms with E-state index < -0.39 is 5.97 Å². The smallest absolute Gasteiger partial charge is 0.335 e. The van der Waals surface area contributed by atoms with Crippen molar-refractivity contribution in [1.29, 1.82) is 0 Å². The maximum absolute atomic E-state index is 13.1. The SMILES string of the molecule is CCOC(=O)C1CCN(C(=O)c2ccc(-c3nc4cc(C(=O)O)ccc4n3C3CCCC3)cc2)CC1. The van der Waals surface area contributed by atoms with Crippen LogP contribution < -0.4 is 0 Å². The molecular formula is C28H31N3O5. The average molecular weight is 490 g/mol. The molecule has 8 heteroatoms. The number of aromatic carboxylic acids is 1. The third-order valence-electron chi connectivity index (χ3n) is 7.42. The molecule has 5 rings (SSSR count). The van der Waals surface area contributed by atoms with Gasteiger partial charge in [0.25, 0.3) is 5.91 Å². The molecule has 2 aromatic carbocycles. The summed E-state index contributed by atoms with van der Waals surface area (Å²) in [4.78, 5) is 43.2. The topological polar surface area (TPSA) is 102 Å². The lowest BCUT2D eigenvalue weighted by molar-refractivity contribution is -0.149. The van der Waals surface area contributed by atoms with Gasteiger partial charge in [-0.15, -0.1) is 0 Å². The van der Waals surface area contributed by atoms with E-state index >= 15 is 0 Å². The quantitative estimate of drug-likeness (QED) is 0.493. The zero-order chi connectivity index (χ0) is 25.2. The number of likely N-dealkylation sites (tertiary alicyclic amines) is 1. The number of benzene rings is 2. The van der Waals surface area contributed by atoms with Crippen molar-refractivity contribution in [3.05, 3.63) is 53.6 Å². The van der Waals surface area contributed by atoms with E-state index in [1.807, 2.05) is 30.3 Å². The van der Waals surface area contributed by atoms with Gasteiger partial charge in [-0.1, -0.05) is 25.0 Å². The minimum Gasteiger partial charge on any atom is -0.478 e. The number of nitrogens with zero attached hydrogens (tertiary/aromatic N) is 3. The molecule has 0 spiro atoms. The van der Waals surface area contributed by atoms with Gasteiger partial charge < -0.3 is 19.3 Å². The number of rotatable bonds is 6. The Morgan fingerprint density at radius 1 is 0.972 bits per heavy atom. The number of hydrogen-bond acceptors (Lipinski definition) is 5. The predicted octanol–water partition coefficient (Wildman–Crippen LogP) is 4.93. The number of imidazole rings is 1. The molecule has 1 saturated heterocycles. The van der Waals surface area contributed by atoms with Crippen LogP contribution >= 0.6 is 0 Å².